The van der Waals surface area contributed by atoms with E-state index in [1.165, 1.54) is 14.2 Å². The fourth-order valence-corrected chi connectivity index (χ4v) is 2.71. The topological polar surface area (TPSA) is 90.7 Å². The summed E-state index contributed by atoms with van der Waals surface area (Å²) in [6, 6.07) is 4.90. The molecule has 1 aliphatic carbocycles. The molecule has 1 aromatic carbocycles. The Labute approximate surface area is 122 Å². The summed E-state index contributed by atoms with van der Waals surface area (Å²) in [6.45, 7) is 0. The molecule has 1 aliphatic rings. The first-order valence-corrected chi connectivity index (χ1v) is 6.72. The Morgan fingerprint density at radius 1 is 1.38 bits per heavy atom. The molecule has 114 valence electrons. The molecule has 0 amide bonds. The second-order valence-electron chi connectivity index (χ2n) is 4.99. The van der Waals surface area contributed by atoms with Gasteiger partial charge in [0.15, 0.2) is 5.75 Å². The number of hydrogen-bond donors (Lipinski definition) is 1. The molecule has 0 aromatic heterocycles. The largest absolute Gasteiger partial charge is 0.490 e. The van der Waals surface area contributed by atoms with E-state index < -0.39 is 4.92 Å². The van der Waals surface area contributed by atoms with Crippen LogP contribution in [0.1, 0.15) is 19.3 Å². The van der Waals surface area contributed by atoms with E-state index in [9.17, 15) is 14.9 Å². The molecule has 2 rings (SSSR count). The third-order valence-electron chi connectivity index (χ3n) is 3.73. The molecule has 0 spiro atoms. The van der Waals surface area contributed by atoms with Crippen molar-refractivity contribution in [3.05, 3.63) is 28.3 Å². The smallest absolute Gasteiger partial charge is 0.333 e. The number of ether oxygens (including phenoxy) is 2. The van der Waals surface area contributed by atoms with Crippen molar-refractivity contribution in [2.75, 3.05) is 19.5 Å². The van der Waals surface area contributed by atoms with E-state index in [-0.39, 0.29) is 29.4 Å². The minimum atomic E-state index is -0.464. The van der Waals surface area contributed by atoms with Crippen LogP contribution in [0.5, 0.6) is 5.75 Å². The summed E-state index contributed by atoms with van der Waals surface area (Å²) in [5, 5.41) is 14.4. The zero-order valence-corrected chi connectivity index (χ0v) is 12.0. The molecule has 7 nitrogen and oxygen atoms in total. The maximum Gasteiger partial charge on any atom is 0.333 e. The zero-order valence-electron chi connectivity index (χ0n) is 12.0. The van der Waals surface area contributed by atoms with E-state index in [1.54, 1.807) is 18.2 Å². The lowest BCUT2D eigenvalue weighted by Crippen LogP contribution is -2.19. The zero-order chi connectivity index (χ0) is 15.4. The molecule has 1 fully saturated rings. The number of nitrogens with zero attached hydrogens (tertiary/aromatic N) is 1. The molecule has 0 saturated heterocycles. The lowest BCUT2D eigenvalue weighted by atomic mass is 10.1. The van der Waals surface area contributed by atoms with Gasteiger partial charge >= 0.3 is 11.7 Å². The number of nitro benzene ring substituents is 1. The van der Waals surface area contributed by atoms with Gasteiger partial charge in [-0.3, -0.25) is 14.9 Å². The third-order valence-corrected chi connectivity index (χ3v) is 3.73. The van der Waals surface area contributed by atoms with E-state index >= 15 is 0 Å². The van der Waals surface area contributed by atoms with Crippen LogP contribution in [0.25, 0.3) is 0 Å². The maximum absolute atomic E-state index is 11.5. The molecule has 0 unspecified atom stereocenters. The van der Waals surface area contributed by atoms with Crippen LogP contribution in [0.15, 0.2) is 18.2 Å². The molecule has 1 aromatic rings. The van der Waals surface area contributed by atoms with Crippen molar-refractivity contribution in [3.8, 4) is 5.75 Å². The normalized spacial score (nSPS) is 20.9. The molecule has 2 atom stereocenters. The van der Waals surface area contributed by atoms with Gasteiger partial charge in [0, 0.05) is 6.04 Å². The number of esters is 1. The molecular formula is C14H18N2O5. The molecule has 21 heavy (non-hydrogen) atoms. The summed E-state index contributed by atoms with van der Waals surface area (Å²) in [4.78, 5) is 22.3. The van der Waals surface area contributed by atoms with Crippen LogP contribution in [0.2, 0.25) is 0 Å². The number of methoxy groups -OCH3 is 2. The van der Waals surface area contributed by atoms with Crippen molar-refractivity contribution in [2.24, 2.45) is 5.92 Å². The van der Waals surface area contributed by atoms with Crippen LogP contribution >= 0.6 is 0 Å². The Kier molecular flexibility index (Phi) is 4.62. The number of nitrogens with one attached hydrogen (secondary N) is 1. The van der Waals surface area contributed by atoms with E-state index in [4.69, 9.17) is 9.47 Å². The third kappa shape index (κ3) is 3.24. The Morgan fingerprint density at radius 2 is 2.14 bits per heavy atom. The fourth-order valence-electron chi connectivity index (χ4n) is 2.71. The number of anilines is 1. The van der Waals surface area contributed by atoms with Gasteiger partial charge in [0.1, 0.15) is 5.69 Å². The van der Waals surface area contributed by atoms with Gasteiger partial charge < -0.3 is 14.8 Å². The number of carbonyl (C=O) groups is 1. The van der Waals surface area contributed by atoms with Gasteiger partial charge in [-0.2, -0.15) is 0 Å². The van der Waals surface area contributed by atoms with Crippen LogP contribution in [-0.2, 0) is 9.53 Å². The van der Waals surface area contributed by atoms with Crippen molar-refractivity contribution >= 4 is 17.3 Å². The average Bonchev–Trinajstić information content (AvgIpc) is 2.94. The van der Waals surface area contributed by atoms with Gasteiger partial charge in [-0.25, -0.2) is 0 Å². The molecule has 0 bridgehead atoms. The number of carbonyl (C=O) groups excluding carboxylic acids is 1. The maximum atomic E-state index is 11.5. The first-order chi connectivity index (χ1) is 10.1. The quantitative estimate of drug-likeness (QED) is 0.509. The second-order valence-corrected chi connectivity index (χ2v) is 4.99. The molecular weight excluding hydrogens is 276 g/mol. The summed E-state index contributed by atoms with van der Waals surface area (Å²) in [5.41, 5.74) is 0.330. The number of rotatable bonds is 5. The van der Waals surface area contributed by atoms with E-state index in [0.29, 0.717) is 12.1 Å². The minimum absolute atomic E-state index is 0.0138. The number of hydrogen-bond acceptors (Lipinski definition) is 6. The Bertz CT molecular complexity index is 546. The summed E-state index contributed by atoms with van der Waals surface area (Å²) in [7, 11) is 2.77. The van der Waals surface area contributed by atoms with Gasteiger partial charge in [0.2, 0.25) is 0 Å². The predicted molar refractivity (Wildman–Crippen MR) is 76.4 cm³/mol. The van der Waals surface area contributed by atoms with Crippen LogP contribution < -0.4 is 10.1 Å². The van der Waals surface area contributed by atoms with Crippen LogP contribution in [0.3, 0.4) is 0 Å². The molecule has 1 N–H and O–H groups in total. The molecule has 1 saturated carbocycles. The Morgan fingerprint density at radius 3 is 2.76 bits per heavy atom. The Balaban J connectivity index is 2.14. The van der Waals surface area contributed by atoms with Gasteiger partial charge in [0.25, 0.3) is 0 Å². The highest BCUT2D eigenvalue weighted by molar-refractivity contribution is 5.73. The SMILES string of the molecule is COC(=O)[C@H]1CC[C@@H](Nc2cccc(OC)c2[N+](=O)[O-])C1. The molecule has 0 radical (unpaired) electrons. The van der Waals surface area contributed by atoms with Gasteiger partial charge in [0.05, 0.1) is 25.1 Å². The van der Waals surface area contributed by atoms with Crippen LogP contribution in [-0.4, -0.2) is 31.2 Å². The summed E-state index contributed by atoms with van der Waals surface area (Å²) < 4.78 is 9.77. The van der Waals surface area contributed by atoms with Crippen molar-refractivity contribution in [1.29, 1.82) is 0 Å². The summed E-state index contributed by atoms with van der Waals surface area (Å²) >= 11 is 0. The minimum Gasteiger partial charge on any atom is -0.490 e. The number of para-hydroxylation sites is 1. The predicted octanol–water partition coefficient (Wildman–Crippen LogP) is 2.36. The molecule has 0 aliphatic heterocycles. The second kappa shape index (κ2) is 6.43. The lowest BCUT2D eigenvalue weighted by Gasteiger charge is -2.15. The first kappa shape index (κ1) is 15.1. The number of benzene rings is 1. The lowest BCUT2D eigenvalue weighted by molar-refractivity contribution is -0.384. The Hall–Kier alpha value is -2.31. The van der Waals surface area contributed by atoms with Crippen LogP contribution in [0.4, 0.5) is 11.4 Å². The number of nitro groups is 1. The van der Waals surface area contributed by atoms with Crippen molar-refractivity contribution < 1.29 is 19.2 Å². The van der Waals surface area contributed by atoms with Crippen molar-refractivity contribution in [3.63, 3.8) is 0 Å². The van der Waals surface area contributed by atoms with Crippen molar-refractivity contribution in [2.45, 2.75) is 25.3 Å². The van der Waals surface area contributed by atoms with Crippen LogP contribution in [0, 0.1) is 16.0 Å². The molecule has 7 heteroatoms. The summed E-state index contributed by atoms with van der Waals surface area (Å²) in [6.07, 6.45) is 2.11. The highest BCUT2D eigenvalue weighted by Gasteiger charge is 2.32. The monoisotopic (exact) mass is 294 g/mol. The van der Waals surface area contributed by atoms with Gasteiger partial charge in [-0.15, -0.1) is 0 Å². The van der Waals surface area contributed by atoms with Gasteiger partial charge in [-0.1, -0.05) is 6.07 Å². The summed E-state index contributed by atoms with van der Waals surface area (Å²) in [5.74, 6) is -0.149. The van der Waals surface area contributed by atoms with E-state index in [2.05, 4.69) is 5.32 Å². The average molecular weight is 294 g/mol. The fraction of sp³-hybridized carbons (Fsp3) is 0.500. The highest BCUT2D eigenvalue weighted by Crippen LogP contribution is 2.37. The standard InChI is InChI=1S/C14H18N2O5/c1-20-12-5-3-4-11(13(12)16(18)19)15-10-7-6-9(8-10)14(17)21-2/h3-5,9-10,15H,6-8H2,1-2H3/t9-,10+/m0/s1. The molecule has 0 heterocycles. The first-order valence-electron chi connectivity index (χ1n) is 6.72. The van der Waals surface area contributed by atoms with Crippen molar-refractivity contribution in [1.82, 2.24) is 0 Å². The highest BCUT2D eigenvalue weighted by atomic mass is 16.6. The van der Waals surface area contributed by atoms with E-state index in [0.717, 1.165) is 12.8 Å². The van der Waals surface area contributed by atoms with Gasteiger partial charge in [-0.05, 0) is 31.4 Å². The van der Waals surface area contributed by atoms with E-state index in [1.807, 2.05) is 0 Å².